The van der Waals surface area contributed by atoms with Crippen LogP contribution in [0.2, 0.25) is 0 Å². The summed E-state index contributed by atoms with van der Waals surface area (Å²) in [5.41, 5.74) is 1.39. The van der Waals surface area contributed by atoms with E-state index in [1.807, 2.05) is 6.92 Å². The first kappa shape index (κ1) is 26.0. The van der Waals surface area contributed by atoms with Gasteiger partial charge in [-0.2, -0.15) is 4.98 Å². The van der Waals surface area contributed by atoms with E-state index in [0.29, 0.717) is 40.4 Å². The zero-order valence-electron chi connectivity index (χ0n) is 20.9. The summed E-state index contributed by atoms with van der Waals surface area (Å²) >= 11 is 0. The largest absolute Gasteiger partial charge is 0.493 e. The third kappa shape index (κ3) is 6.52. The highest BCUT2D eigenvalue weighted by molar-refractivity contribution is 7.89. The lowest BCUT2D eigenvalue weighted by atomic mass is 10.1. The number of hydrogen-bond donors (Lipinski definition) is 3. The molecule has 2 aromatic carbocycles. The van der Waals surface area contributed by atoms with E-state index in [1.165, 1.54) is 21.3 Å². The summed E-state index contributed by atoms with van der Waals surface area (Å²) < 4.78 is 44.3. The van der Waals surface area contributed by atoms with E-state index < -0.39 is 15.6 Å². The Kier molecular flexibility index (Phi) is 7.71. The monoisotopic (exact) mass is 501 g/mol. The van der Waals surface area contributed by atoms with Gasteiger partial charge in [-0.1, -0.05) is 6.07 Å². The molecule has 3 aromatic rings. The van der Waals surface area contributed by atoms with Gasteiger partial charge < -0.3 is 24.8 Å². The van der Waals surface area contributed by atoms with Crippen molar-refractivity contribution in [2.75, 3.05) is 32.0 Å². The number of hydrogen-bond acceptors (Lipinski definition) is 9. The van der Waals surface area contributed by atoms with Crippen molar-refractivity contribution in [1.29, 1.82) is 0 Å². The number of aryl methyl sites for hydroxylation is 1. The number of nitrogens with one attached hydrogen (secondary N) is 3. The van der Waals surface area contributed by atoms with Gasteiger partial charge in [0.1, 0.15) is 5.82 Å². The van der Waals surface area contributed by atoms with Crippen molar-refractivity contribution in [3.63, 3.8) is 0 Å². The van der Waals surface area contributed by atoms with Gasteiger partial charge in [0.15, 0.2) is 11.5 Å². The number of anilines is 4. The lowest BCUT2D eigenvalue weighted by Crippen LogP contribution is -2.40. The van der Waals surface area contributed by atoms with Crippen LogP contribution >= 0.6 is 0 Å². The summed E-state index contributed by atoms with van der Waals surface area (Å²) in [5.74, 6) is 2.30. The molecule has 0 radical (unpaired) electrons. The van der Waals surface area contributed by atoms with Gasteiger partial charge in [0.05, 0.1) is 26.2 Å². The van der Waals surface area contributed by atoms with E-state index in [4.69, 9.17) is 14.2 Å². The highest BCUT2D eigenvalue weighted by Gasteiger charge is 2.22. The minimum atomic E-state index is -3.68. The van der Waals surface area contributed by atoms with Crippen LogP contribution in [0.1, 0.15) is 26.3 Å². The molecule has 0 bridgehead atoms. The van der Waals surface area contributed by atoms with Gasteiger partial charge in [-0.15, -0.1) is 0 Å². The van der Waals surface area contributed by atoms with Crippen molar-refractivity contribution < 1.29 is 22.6 Å². The minimum Gasteiger partial charge on any atom is -0.493 e. The number of aromatic nitrogens is 2. The molecule has 0 spiro atoms. The molecule has 0 atom stereocenters. The predicted molar refractivity (Wildman–Crippen MR) is 136 cm³/mol. The SMILES string of the molecule is COc1cc(Nc2ncc(C)c(Nc3cccc(S(=O)(=O)NC(C)(C)C)c3)n2)cc(OC)c1OC. The van der Waals surface area contributed by atoms with Crippen LogP contribution < -0.4 is 29.6 Å². The fourth-order valence-electron chi connectivity index (χ4n) is 3.25. The van der Waals surface area contributed by atoms with Crippen molar-refractivity contribution in [2.45, 2.75) is 38.1 Å². The first-order valence-corrected chi connectivity index (χ1v) is 12.3. The maximum absolute atomic E-state index is 12.7. The Bertz CT molecular complexity index is 1280. The molecule has 0 saturated heterocycles. The number of sulfonamides is 1. The molecule has 35 heavy (non-hydrogen) atoms. The van der Waals surface area contributed by atoms with E-state index in [-0.39, 0.29) is 4.90 Å². The van der Waals surface area contributed by atoms with Gasteiger partial charge in [-0.05, 0) is 45.9 Å². The number of rotatable bonds is 9. The second kappa shape index (κ2) is 10.4. The molecule has 0 unspecified atom stereocenters. The highest BCUT2D eigenvalue weighted by Crippen LogP contribution is 2.40. The van der Waals surface area contributed by atoms with Crippen molar-refractivity contribution in [3.05, 3.63) is 48.2 Å². The van der Waals surface area contributed by atoms with E-state index in [0.717, 1.165) is 5.56 Å². The maximum Gasteiger partial charge on any atom is 0.241 e. The number of nitrogens with zero attached hydrogens (tertiary/aromatic N) is 2. The molecule has 0 saturated carbocycles. The standard InChI is InChI=1S/C24H31N5O5S/c1-15-14-25-23(27-17-12-19(32-5)21(34-7)20(13-17)33-6)28-22(15)26-16-9-8-10-18(11-16)35(30,31)29-24(2,3)4/h8-14,29H,1-7H3,(H2,25,26,27,28). The molecular weight excluding hydrogens is 470 g/mol. The second-order valence-corrected chi connectivity index (χ2v) is 10.5. The summed E-state index contributed by atoms with van der Waals surface area (Å²) in [4.78, 5) is 9.05. The Morgan fingerprint density at radius 3 is 2.11 bits per heavy atom. The van der Waals surface area contributed by atoms with Crippen LogP contribution in [-0.2, 0) is 10.0 Å². The van der Waals surface area contributed by atoms with Gasteiger partial charge in [0.2, 0.25) is 21.7 Å². The molecule has 0 aliphatic carbocycles. The fraction of sp³-hybridized carbons (Fsp3) is 0.333. The Hall–Kier alpha value is -3.57. The summed E-state index contributed by atoms with van der Waals surface area (Å²) in [7, 11) is 0.933. The highest BCUT2D eigenvalue weighted by atomic mass is 32.2. The van der Waals surface area contributed by atoms with Crippen molar-refractivity contribution in [3.8, 4) is 17.2 Å². The van der Waals surface area contributed by atoms with E-state index in [1.54, 1.807) is 63.4 Å². The Labute approximate surface area is 206 Å². The van der Waals surface area contributed by atoms with Gasteiger partial charge in [-0.25, -0.2) is 18.1 Å². The number of ether oxygens (including phenoxy) is 3. The normalized spacial score (nSPS) is 11.6. The van der Waals surface area contributed by atoms with Crippen LogP contribution in [0.25, 0.3) is 0 Å². The Balaban J connectivity index is 1.88. The summed E-state index contributed by atoms with van der Waals surface area (Å²) in [6, 6.07) is 10.0. The topological polar surface area (TPSA) is 124 Å². The minimum absolute atomic E-state index is 0.153. The molecule has 188 valence electrons. The Morgan fingerprint density at radius 2 is 1.54 bits per heavy atom. The van der Waals surface area contributed by atoms with Crippen LogP contribution in [-0.4, -0.2) is 45.3 Å². The molecule has 0 aliphatic rings. The summed E-state index contributed by atoms with van der Waals surface area (Å²) in [6.45, 7) is 7.23. The average Bonchev–Trinajstić information content (AvgIpc) is 2.79. The van der Waals surface area contributed by atoms with Crippen molar-refractivity contribution >= 4 is 33.2 Å². The molecule has 3 rings (SSSR count). The van der Waals surface area contributed by atoms with Crippen LogP contribution in [0.3, 0.4) is 0 Å². The van der Waals surface area contributed by atoms with Gasteiger partial charge in [0.25, 0.3) is 0 Å². The lowest BCUT2D eigenvalue weighted by molar-refractivity contribution is 0.324. The molecule has 0 amide bonds. The summed E-state index contributed by atoms with van der Waals surface area (Å²) in [6.07, 6.45) is 1.66. The zero-order chi connectivity index (χ0) is 25.8. The third-order valence-corrected chi connectivity index (χ3v) is 6.50. The average molecular weight is 502 g/mol. The van der Waals surface area contributed by atoms with E-state index >= 15 is 0 Å². The van der Waals surface area contributed by atoms with Gasteiger partial charge >= 0.3 is 0 Å². The lowest BCUT2D eigenvalue weighted by Gasteiger charge is -2.20. The molecule has 0 aliphatic heterocycles. The van der Waals surface area contributed by atoms with Crippen LogP contribution in [0.4, 0.5) is 23.1 Å². The second-order valence-electron chi connectivity index (χ2n) is 8.77. The first-order valence-electron chi connectivity index (χ1n) is 10.8. The molecule has 0 fully saturated rings. The third-order valence-electron chi connectivity index (χ3n) is 4.74. The van der Waals surface area contributed by atoms with Crippen LogP contribution in [0, 0.1) is 6.92 Å². The smallest absolute Gasteiger partial charge is 0.241 e. The maximum atomic E-state index is 12.7. The van der Waals surface area contributed by atoms with Crippen molar-refractivity contribution in [1.82, 2.24) is 14.7 Å². The van der Waals surface area contributed by atoms with Crippen LogP contribution in [0.5, 0.6) is 17.2 Å². The number of benzene rings is 2. The van der Waals surface area contributed by atoms with Crippen LogP contribution in [0.15, 0.2) is 47.5 Å². The zero-order valence-corrected chi connectivity index (χ0v) is 21.7. The van der Waals surface area contributed by atoms with Gasteiger partial charge in [-0.3, -0.25) is 0 Å². The molecule has 3 N–H and O–H groups in total. The van der Waals surface area contributed by atoms with E-state index in [9.17, 15) is 8.42 Å². The molecular formula is C24H31N5O5S. The van der Waals surface area contributed by atoms with E-state index in [2.05, 4.69) is 25.3 Å². The van der Waals surface area contributed by atoms with Crippen molar-refractivity contribution in [2.24, 2.45) is 0 Å². The predicted octanol–water partition coefficient (Wildman–Crippen LogP) is 4.37. The Morgan fingerprint density at radius 1 is 0.886 bits per heavy atom. The first-order chi connectivity index (χ1) is 16.5. The molecule has 11 heteroatoms. The molecule has 10 nitrogen and oxygen atoms in total. The molecule has 1 heterocycles. The fourth-order valence-corrected chi connectivity index (χ4v) is 4.71. The number of methoxy groups -OCH3 is 3. The molecule has 1 aromatic heterocycles. The van der Waals surface area contributed by atoms with Gasteiger partial charge in [0, 0.05) is 40.8 Å². The quantitative estimate of drug-likeness (QED) is 0.392. The summed E-state index contributed by atoms with van der Waals surface area (Å²) in [5, 5.41) is 6.32.